The normalized spacial score (nSPS) is 29.3. The summed E-state index contributed by atoms with van der Waals surface area (Å²) in [6, 6.07) is 5.86. The predicted octanol–water partition coefficient (Wildman–Crippen LogP) is 2.09. The van der Waals surface area contributed by atoms with E-state index in [4.69, 9.17) is 15.2 Å². The quantitative estimate of drug-likeness (QED) is 0.445. The minimum atomic E-state index is -0.804. The molecule has 1 aliphatic heterocycles. The summed E-state index contributed by atoms with van der Waals surface area (Å²) in [7, 11) is 0. The van der Waals surface area contributed by atoms with Crippen LogP contribution in [0.25, 0.3) is 0 Å². The summed E-state index contributed by atoms with van der Waals surface area (Å²) < 4.78 is 11.9. The minimum absolute atomic E-state index is 0.154. The van der Waals surface area contributed by atoms with Crippen molar-refractivity contribution in [1.29, 1.82) is 0 Å². The lowest BCUT2D eigenvalue weighted by atomic mass is 9.77. The number of fused-ring (bicyclic) bond motifs is 3. The summed E-state index contributed by atoms with van der Waals surface area (Å²) in [5.41, 5.74) is 6.78. The molecule has 0 bridgehead atoms. The molecule has 2 aromatic carbocycles. The Bertz CT molecular complexity index is 1120. The van der Waals surface area contributed by atoms with Gasteiger partial charge in [-0.25, -0.2) is 0 Å². The highest BCUT2D eigenvalue weighted by Gasteiger charge is 2.41. The first-order chi connectivity index (χ1) is 15.3. The molecule has 2 aromatic rings. The average Bonchev–Trinajstić information content (AvgIpc) is 2.78. The molecular weight excluding hydrogens is 414 g/mol. The van der Waals surface area contributed by atoms with E-state index in [9.17, 15) is 24.9 Å². The van der Waals surface area contributed by atoms with Crippen molar-refractivity contribution in [3.8, 4) is 11.5 Å². The van der Waals surface area contributed by atoms with Crippen LogP contribution in [0.15, 0.2) is 24.3 Å². The van der Waals surface area contributed by atoms with Gasteiger partial charge in [0.1, 0.15) is 11.5 Å². The zero-order chi connectivity index (χ0) is 22.7. The first-order valence-corrected chi connectivity index (χ1v) is 10.8. The number of aliphatic hydroxyl groups is 1. The first kappa shape index (κ1) is 21.1. The lowest BCUT2D eigenvalue weighted by molar-refractivity contribution is -0.242. The molecule has 5 rings (SSSR count). The summed E-state index contributed by atoms with van der Waals surface area (Å²) in [5.74, 6) is -1.61. The maximum atomic E-state index is 13.2. The molecule has 0 radical (unpaired) electrons. The summed E-state index contributed by atoms with van der Waals surface area (Å²) in [4.78, 5) is 26.3. The van der Waals surface area contributed by atoms with Gasteiger partial charge in [-0.1, -0.05) is 24.3 Å². The van der Waals surface area contributed by atoms with Gasteiger partial charge in [-0.3, -0.25) is 9.59 Å². The summed E-state index contributed by atoms with van der Waals surface area (Å²) in [6.45, 7) is 1.70. The monoisotopic (exact) mass is 439 g/mol. The number of phenolic OH excluding ortho intramolecular Hbond substituents is 2. The van der Waals surface area contributed by atoms with Gasteiger partial charge in [0.05, 0.1) is 29.4 Å². The van der Waals surface area contributed by atoms with E-state index in [-0.39, 0.29) is 40.2 Å². The number of benzene rings is 2. The lowest BCUT2D eigenvalue weighted by Crippen LogP contribution is -2.51. The number of carbonyl (C=O) groups is 2. The molecule has 1 fully saturated rings. The van der Waals surface area contributed by atoms with E-state index in [0.717, 1.165) is 0 Å². The van der Waals surface area contributed by atoms with Crippen molar-refractivity contribution in [2.24, 2.45) is 5.73 Å². The van der Waals surface area contributed by atoms with Crippen LogP contribution in [0.1, 0.15) is 75.3 Å². The second-order valence-electron chi connectivity index (χ2n) is 8.72. The van der Waals surface area contributed by atoms with Crippen LogP contribution in [0.4, 0.5) is 0 Å². The number of carbonyl (C=O) groups excluding carboxylic acids is 2. The molecule has 1 heterocycles. The topological polar surface area (TPSA) is 139 Å². The van der Waals surface area contributed by atoms with E-state index < -0.39 is 42.2 Å². The summed E-state index contributed by atoms with van der Waals surface area (Å²) >= 11 is 0. The fraction of sp³-hybridized carbons (Fsp3) is 0.417. The highest BCUT2D eigenvalue weighted by atomic mass is 16.7. The van der Waals surface area contributed by atoms with Gasteiger partial charge in [0.2, 0.25) is 0 Å². The predicted molar refractivity (Wildman–Crippen MR) is 113 cm³/mol. The molecule has 1 saturated heterocycles. The van der Waals surface area contributed by atoms with E-state index >= 15 is 0 Å². The second-order valence-corrected chi connectivity index (χ2v) is 8.72. The Labute approximate surface area is 184 Å². The van der Waals surface area contributed by atoms with Crippen LogP contribution >= 0.6 is 0 Å². The van der Waals surface area contributed by atoms with Gasteiger partial charge in [-0.15, -0.1) is 0 Å². The zero-order valence-corrected chi connectivity index (χ0v) is 17.6. The molecule has 8 nitrogen and oxygen atoms in total. The summed E-state index contributed by atoms with van der Waals surface area (Å²) in [6.07, 6.45) is -0.812. The largest absolute Gasteiger partial charge is 0.507 e. The molecule has 0 amide bonds. The Kier molecular flexibility index (Phi) is 5.05. The molecule has 0 spiro atoms. The van der Waals surface area contributed by atoms with Crippen molar-refractivity contribution in [2.45, 2.75) is 63.3 Å². The van der Waals surface area contributed by atoms with E-state index in [2.05, 4.69) is 0 Å². The molecule has 0 aromatic heterocycles. The van der Waals surface area contributed by atoms with Gasteiger partial charge in [-0.05, 0) is 26.2 Å². The van der Waals surface area contributed by atoms with Crippen molar-refractivity contribution in [3.63, 3.8) is 0 Å². The Morgan fingerprint density at radius 1 is 1.06 bits per heavy atom. The van der Waals surface area contributed by atoms with Gasteiger partial charge < -0.3 is 30.5 Å². The van der Waals surface area contributed by atoms with Gasteiger partial charge in [0.25, 0.3) is 0 Å². The van der Waals surface area contributed by atoms with Crippen molar-refractivity contribution in [1.82, 2.24) is 0 Å². The SMILES string of the molecule is C[C@H]1O[C@@H](O[C@@H]2CCCc3c(O)c4c(c(O)c32)C(=O)c2ccccc2C4=O)C[C@@H](N)[C@H]1O. The fourth-order valence-corrected chi connectivity index (χ4v) is 5.08. The van der Waals surface area contributed by atoms with E-state index in [0.29, 0.717) is 30.4 Å². The van der Waals surface area contributed by atoms with Crippen LogP contribution in [-0.2, 0) is 15.9 Å². The standard InChI is InChI=1S/C24H25NO7/c1-10-20(26)14(25)9-16(31-10)32-15-8-4-7-13-17(15)24(30)19-18(23(13)29)21(27)11-5-2-3-6-12(11)22(19)28/h2-3,5-6,10,14-16,20,26,29-30H,4,7-9,25H2,1H3/t10-,14-,15-,16+,20+/m1/s1. The average molecular weight is 439 g/mol. The van der Waals surface area contributed by atoms with Crippen LogP contribution in [0.5, 0.6) is 11.5 Å². The Morgan fingerprint density at radius 3 is 2.31 bits per heavy atom. The molecule has 0 unspecified atom stereocenters. The second kappa shape index (κ2) is 7.67. The number of aromatic hydroxyl groups is 2. The molecule has 32 heavy (non-hydrogen) atoms. The van der Waals surface area contributed by atoms with Gasteiger partial charge in [0, 0.05) is 34.7 Å². The molecule has 3 aliphatic rings. The van der Waals surface area contributed by atoms with Crippen molar-refractivity contribution in [2.75, 3.05) is 0 Å². The third-order valence-corrected chi connectivity index (χ3v) is 6.74. The fourth-order valence-electron chi connectivity index (χ4n) is 5.08. The van der Waals surface area contributed by atoms with Crippen molar-refractivity contribution >= 4 is 11.6 Å². The lowest BCUT2D eigenvalue weighted by Gasteiger charge is -2.39. The highest BCUT2D eigenvalue weighted by Crippen LogP contribution is 2.49. The number of hydrogen-bond acceptors (Lipinski definition) is 8. The third kappa shape index (κ3) is 3.06. The van der Waals surface area contributed by atoms with Gasteiger partial charge >= 0.3 is 0 Å². The van der Waals surface area contributed by atoms with Gasteiger partial charge in [-0.2, -0.15) is 0 Å². The third-order valence-electron chi connectivity index (χ3n) is 6.74. The van der Waals surface area contributed by atoms with Gasteiger partial charge in [0.15, 0.2) is 17.9 Å². The number of rotatable bonds is 2. The number of ketones is 2. The van der Waals surface area contributed by atoms with Crippen LogP contribution in [0.2, 0.25) is 0 Å². The Morgan fingerprint density at radius 2 is 1.69 bits per heavy atom. The molecule has 5 atom stereocenters. The van der Waals surface area contributed by atoms with Crippen LogP contribution in [0.3, 0.4) is 0 Å². The van der Waals surface area contributed by atoms with Crippen molar-refractivity contribution in [3.05, 3.63) is 57.6 Å². The number of nitrogens with two attached hydrogens (primary N) is 1. The molecule has 168 valence electrons. The number of aliphatic hydroxyl groups excluding tert-OH is 1. The van der Waals surface area contributed by atoms with E-state index in [1.54, 1.807) is 25.1 Å². The van der Waals surface area contributed by atoms with E-state index in [1.165, 1.54) is 6.07 Å². The Hall–Kier alpha value is -2.78. The molecular formula is C24H25NO7. The molecule has 2 aliphatic carbocycles. The van der Waals surface area contributed by atoms with Crippen LogP contribution < -0.4 is 5.73 Å². The Balaban J connectivity index is 1.58. The maximum Gasteiger partial charge on any atom is 0.198 e. The van der Waals surface area contributed by atoms with Crippen LogP contribution in [-0.4, -0.2) is 51.4 Å². The molecule has 5 N–H and O–H groups in total. The highest BCUT2D eigenvalue weighted by molar-refractivity contribution is 6.30. The number of ether oxygens (including phenoxy) is 2. The summed E-state index contributed by atoms with van der Waals surface area (Å²) in [5, 5.41) is 32.3. The van der Waals surface area contributed by atoms with Crippen molar-refractivity contribution < 1.29 is 34.4 Å². The van der Waals surface area contributed by atoms with E-state index in [1.807, 2.05) is 0 Å². The molecule has 8 heteroatoms. The maximum absolute atomic E-state index is 13.2. The van der Waals surface area contributed by atoms with Crippen LogP contribution in [0, 0.1) is 0 Å². The smallest absolute Gasteiger partial charge is 0.198 e. The minimum Gasteiger partial charge on any atom is -0.507 e. The first-order valence-electron chi connectivity index (χ1n) is 10.8. The number of hydrogen-bond donors (Lipinski definition) is 4. The molecule has 0 saturated carbocycles. The number of phenols is 2. The zero-order valence-electron chi connectivity index (χ0n) is 17.6.